The summed E-state index contributed by atoms with van der Waals surface area (Å²) in [6.45, 7) is 1.02. The Balaban J connectivity index is 3.81. The van der Waals surface area contributed by atoms with Crippen LogP contribution in [0, 0.1) is 0 Å². The monoisotopic (exact) mass is 179 g/mol. The van der Waals surface area contributed by atoms with Gasteiger partial charge in [-0.05, 0) is 6.92 Å². The summed E-state index contributed by atoms with van der Waals surface area (Å²) in [6, 6.07) is -0.607. The SMILES string of the molecule is C[C@@H](CO)OC(CO)[C@@H](N)CO. The Hall–Kier alpha value is -0.200. The number of aliphatic hydroxyl groups excluding tert-OH is 3. The molecule has 0 rings (SSSR count). The third-order valence-electron chi connectivity index (χ3n) is 1.53. The predicted molar refractivity (Wildman–Crippen MR) is 43.6 cm³/mol. The minimum absolute atomic E-state index is 0.130. The Kier molecular flexibility index (Phi) is 6.23. The average Bonchev–Trinajstić information content (AvgIpc) is 2.12. The fraction of sp³-hybridized carbons (Fsp3) is 1.00. The minimum atomic E-state index is -0.614. The van der Waals surface area contributed by atoms with Gasteiger partial charge < -0.3 is 25.8 Å². The van der Waals surface area contributed by atoms with E-state index in [1.54, 1.807) is 6.92 Å². The number of rotatable bonds is 6. The van der Waals surface area contributed by atoms with Crippen molar-refractivity contribution in [1.29, 1.82) is 0 Å². The van der Waals surface area contributed by atoms with Crippen LogP contribution in [0.5, 0.6) is 0 Å². The van der Waals surface area contributed by atoms with Crippen LogP contribution in [0.15, 0.2) is 0 Å². The molecule has 0 bridgehead atoms. The van der Waals surface area contributed by atoms with Crippen molar-refractivity contribution in [3.05, 3.63) is 0 Å². The largest absolute Gasteiger partial charge is 0.395 e. The van der Waals surface area contributed by atoms with E-state index in [1.807, 2.05) is 0 Å². The summed E-state index contributed by atoms with van der Waals surface area (Å²) < 4.78 is 5.12. The minimum Gasteiger partial charge on any atom is -0.395 e. The van der Waals surface area contributed by atoms with E-state index in [1.165, 1.54) is 0 Å². The second-order valence-electron chi connectivity index (χ2n) is 2.70. The summed E-state index contributed by atoms with van der Waals surface area (Å²) in [4.78, 5) is 0. The van der Waals surface area contributed by atoms with E-state index >= 15 is 0 Å². The van der Waals surface area contributed by atoms with Gasteiger partial charge in [0.2, 0.25) is 0 Å². The smallest absolute Gasteiger partial charge is 0.0983 e. The first-order valence-corrected chi connectivity index (χ1v) is 3.89. The van der Waals surface area contributed by atoms with Gasteiger partial charge in [0.25, 0.3) is 0 Å². The number of aliphatic hydroxyl groups is 3. The first-order chi connectivity index (χ1) is 5.65. The van der Waals surface area contributed by atoms with Crippen LogP contribution in [-0.4, -0.2) is 53.4 Å². The molecule has 0 saturated carbocycles. The van der Waals surface area contributed by atoms with Crippen LogP contribution in [0.25, 0.3) is 0 Å². The van der Waals surface area contributed by atoms with Gasteiger partial charge in [-0.2, -0.15) is 0 Å². The van der Waals surface area contributed by atoms with Gasteiger partial charge in [0.1, 0.15) is 0 Å². The van der Waals surface area contributed by atoms with Crippen molar-refractivity contribution in [1.82, 2.24) is 0 Å². The van der Waals surface area contributed by atoms with E-state index in [4.69, 9.17) is 25.8 Å². The van der Waals surface area contributed by atoms with Crippen LogP contribution in [0.3, 0.4) is 0 Å². The summed E-state index contributed by atoms with van der Waals surface area (Å²) >= 11 is 0. The molecule has 0 aromatic carbocycles. The molecular weight excluding hydrogens is 162 g/mol. The molecule has 0 aromatic rings. The van der Waals surface area contributed by atoms with Crippen molar-refractivity contribution in [2.24, 2.45) is 5.73 Å². The van der Waals surface area contributed by atoms with Crippen molar-refractivity contribution in [2.45, 2.75) is 25.2 Å². The Labute approximate surface area is 71.8 Å². The third kappa shape index (κ3) is 3.99. The lowest BCUT2D eigenvalue weighted by Crippen LogP contribution is -2.44. The van der Waals surface area contributed by atoms with Gasteiger partial charge in [0, 0.05) is 0 Å². The van der Waals surface area contributed by atoms with Crippen LogP contribution in [-0.2, 0) is 4.74 Å². The zero-order valence-electron chi connectivity index (χ0n) is 7.18. The molecule has 0 aliphatic heterocycles. The third-order valence-corrected chi connectivity index (χ3v) is 1.53. The molecule has 5 N–H and O–H groups in total. The van der Waals surface area contributed by atoms with Crippen LogP contribution in [0.2, 0.25) is 0 Å². The molecule has 12 heavy (non-hydrogen) atoms. The van der Waals surface area contributed by atoms with Crippen molar-refractivity contribution in [3.63, 3.8) is 0 Å². The van der Waals surface area contributed by atoms with Crippen molar-refractivity contribution < 1.29 is 20.1 Å². The molecule has 3 atom stereocenters. The van der Waals surface area contributed by atoms with E-state index in [2.05, 4.69) is 0 Å². The highest BCUT2D eigenvalue weighted by Crippen LogP contribution is 2.00. The number of hydrogen-bond acceptors (Lipinski definition) is 5. The van der Waals surface area contributed by atoms with Gasteiger partial charge in [0.15, 0.2) is 0 Å². The first-order valence-electron chi connectivity index (χ1n) is 3.89. The molecule has 0 radical (unpaired) electrons. The quantitative estimate of drug-likeness (QED) is 0.380. The molecule has 0 aliphatic carbocycles. The Morgan fingerprint density at radius 2 is 1.75 bits per heavy atom. The number of hydrogen-bond donors (Lipinski definition) is 4. The van der Waals surface area contributed by atoms with Gasteiger partial charge in [-0.1, -0.05) is 0 Å². The highest BCUT2D eigenvalue weighted by atomic mass is 16.5. The normalized spacial score (nSPS) is 18.8. The summed E-state index contributed by atoms with van der Waals surface area (Å²) in [6.07, 6.45) is -0.989. The maximum absolute atomic E-state index is 8.77. The maximum Gasteiger partial charge on any atom is 0.0983 e. The molecule has 0 saturated heterocycles. The first kappa shape index (κ1) is 11.8. The molecular formula is C7H17NO4. The van der Waals surface area contributed by atoms with Gasteiger partial charge in [-0.3, -0.25) is 0 Å². The summed E-state index contributed by atoms with van der Waals surface area (Å²) in [5.41, 5.74) is 5.41. The predicted octanol–water partition coefficient (Wildman–Crippen LogP) is -1.94. The Bertz CT molecular complexity index is 112. The molecule has 0 fully saturated rings. The van der Waals surface area contributed by atoms with Gasteiger partial charge in [-0.25, -0.2) is 0 Å². The highest BCUT2D eigenvalue weighted by molar-refractivity contribution is 4.72. The van der Waals surface area contributed by atoms with Gasteiger partial charge >= 0.3 is 0 Å². The molecule has 74 valence electrons. The lowest BCUT2D eigenvalue weighted by Gasteiger charge is -2.23. The van der Waals surface area contributed by atoms with Crippen molar-refractivity contribution in [2.75, 3.05) is 19.8 Å². The van der Waals surface area contributed by atoms with E-state index < -0.39 is 12.1 Å². The molecule has 5 nitrogen and oxygen atoms in total. The second-order valence-corrected chi connectivity index (χ2v) is 2.70. The summed E-state index contributed by atoms with van der Waals surface area (Å²) in [7, 11) is 0. The van der Waals surface area contributed by atoms with Crippen LogP contribution in [0.4, 0.5) is 0 Å². The number of ether oxygens (including phenoxy) is 1. The molecule has 0 aliphatic rings. The molecule has 0 heterocycles. The average molecular weight is 179 g/mol. The molecule has 0 aromatic heterocycles. The molecule has 0 spiro atoms. The second kappa shape index (κ2) is 6.33. The fourth-order valence-electron chi connectivity index (χ4n) is 0.738. The van der Waals surface area contributed by atoms with E-state index in [0.29, 0.717) is 0 Å². The van der Waals surface area contributed by atoms with Crippen molar-refractivity contribution in [3.8, 4) is 0 Å². The lowest BCUT2D eigenvalue weighted by molar-refractivity contribution is -0.0680. The van der Waals surface area contributed by atoms with E-state index in [-0.39, 0.29) is 25.9 Å². The highest BCUT2D eigenvalue weighted by Gasteiger charge is 2.18. The standard InChI is InChI=1S/C7H17NO4/c1-5(2-9)12-7(4-11)6(8)3-10/h5-7,9-11H,2-4,8H2,1H3/t5-,6-,7?/m0/s1. The van der Waals surface area contributed by atoms with Gasteiger partial charge in [0.05, 0.1) is 38.1 Å². The zero-order chi connectivity index (χ0) is 9.56. The summed E-state index contributed by atoms with van der Waals surface area (Å²) in [5.74, 6) is 0. The topological polar surface area (TPSA) is 95.9 Å². The van der Waals surface area contributed by atoms with Crippen LogP contribution >= 0.6 is 0 Å². The Morgan fingerprint density at radius 3 is 2.08 bits per heavy atom. The zero-order valence-corrected chi connectivity index (χ0v) is 7.18. The molecule has 0 amide bonds. The van der Waals surface area contributed by atoms with Crippen LogP contribution < -0.4 is 5.73 Å². The number of nitrogens with two attached hydrogens (primary N) is 1. The fourth-order valence-corrected chi connectivity index (χ4v) is 0.738. The maximum atomic E-state index is 8.77. The van der Waals surface area contributed by atoms with Gasteiger partial charge in [-0.15, -0.1) is 0 Å². The van der Waals surface area contributed by atoms with E-state index in [0.717, 1.165) is 0 Å². The van der Waals surface area contributed by atoms with Crippen molar-refractivity contribution >= 4 is 0 Å². The molecule has 1 unspecified atom stereocenters. The van der Waals surface area contributed by atoms with Crippen LogP contribution in [0.1, 0.15) is 6.92 Å². The van der Waals surface area contributed by atoms with E-state index in [9.17, 15) is 0 Å². The lowest BCUT2D eigenvalue weighted by atomic mass is 10.2. The Morgan fingerprint density at radius 1 is 1.17 bits per heavy atom. The summed E-state index contributed by atoms with van der Waals surface area (Å²) in [5, 5.41) is 26.0. The molecule has 5 heteroatoms.